The Morgan fingerprint density at radius 1 is 1.41 bits per heavy atom. The molecule has 17 heavy (non-hydrogen) atoms. The van der Waals surface area contributed by atoms with Gasteiger partial charge in [0.05, 0.1) is 0 Å². The van der Waals surface area contributed by atoms with Gasteiger partial charge in [0.25, 0.3) is 10.0 Å². The molecule has 0 unspecified atom stereocenters. The third-order valence-electron chi connectivity index (χ3n) is 2.43. The van der Waals surface area contributed by atoms with E-state index in [2.05, 4.69) is 15.9 Å². The van der Waals surface area contributed by atoms with Gasteiger partial charge in [-0.05, 0) is 32.4 Å². The van der Waals surface area contributed by atoms with Crippen molar-refractivity contribution >= 4 is 37.3 Å². The van der Waals surface area contributed by atoms with E-state index in [4.69, 9.17) is 0 Å². The van der Waals surface area contributed by atoms with Gasteiger partial charge in [-0.25, -0.2) is 8.42 Å². The smallest absolute Gasteiger partial charge is 0.206 e. The molecule has 0 saturated heterocycles. The first-order valence-electron chi connectivity index (χ1n) is 5.60. The lowest BCUT2D eigenvalue weighted by molar-refractivity contribution is 0.373. The van der Waals surface area contributed by atoms with Gasteiger partial charge >= 0.3 is 0 Å². The Hall–Kier alpha value is 0.0900. The van der Waals surface area contributed by atoms with Crippen LogP contribution in [0.3, 0.4) is 0 Å². The predicted molar refractivity (Wildman–Crippen MR) is 76.5 cm³/mol. The standard InChI is InChI=1S/C11H18BrNO2S2/c1-4-10-5-6-11(16-10)17(14,15)13(8-7-12)9(2)3/h5-6,9H,4,7-8H2,1-3H3. The van der Waals surface area contributed by atoms with Crippen molar-refractivity contribution in [3.8, 4) is 0 Å². The molecule has 1 aromatic heterocycles. The monoisotopic (exact) mass is 339 g/mol. The molecule has 0 aliphatic heterocycles. The molecule has 0 N–H and O–H groups in total. The van der Waals surface area contributed by atoms with Gasteiger partial charge in [-0.1, -0.05) is 22.9 Å². The molecule has 0 aliphatic rings. The zero-order valence-electron chi connectivity index (χ0n) is 10.3. The van der Waals surface area contributed by atoms with Crippen molar-refractivity contribution in [2.75, 3.05) is 11.9 Å². The lowest BCUT2D eigenvalue weighted by Gasteiger charge is -2.24. The van der Waals surface area contributed by atoms with Crippen LogP contribution in [-0.4, -0.2) is 30.6 Å². The second-order valence-electron chi connectivity index (χ2n) is 3.97. The fourth-order valence-corrected chi connectivity index (χ4v) is 5.22. The van der Waals surface area contributed by atoms with Crippen LogP contribution in [0.15, 0.2) is 16.3 Å². The second kappa shape index (κ2) is 6.31. The topological polar surface area (TPSA) is 37.4 Å². The second-order valence-corrected chi connectivity index (χ2v) is 8.05. The SMILES string of the molecule is CCc1ccc(S(=O)(=O)N(CCBr)C(C)C)s1. The number of halogens is 1. The van der Waals surface area contributed by atoms with Crippen LogP contribution < -0.4 is 0 Å². The van der Waals surface area contributed by atoms with Gasteiger partial charge in [0.1, 0.15) is 4.21 Å². The zero-order valence-corrected chi connectivity index (χ0v) is 13.5. The molecule has 1 aromatic rings. The molecular weight excluding hydrogens is 322 g/mol. The van der Waals surface area contributed by atoms with E-state index in [1.807, 2.05) is 26.8 Å². The van der Waals surface area contributed by atoms with Crippen LogP contribution in [0.4, 0.5) is 0 Å². The first-order valence-corrected chi connectivity index (χ1v) is 8.97. The Labute approximate surface area is 116 Å². The molecule has 3 nitrogen and oxygen atoms in total. The molecule has 0 aromatic carbocycles. The van der Waals surface area contributed by atoms with Crippen molar-refractivity contribution in [3.05, 3.63) is 17.0 Å². The van der Waals surface area contributed by atoms with E-state index in [0.717, 1.165) is 11.3 Å². The van der Waals surface area contributed by atoms with Crippen LogP contribution in [0, 0.1) is 0 Å². The summed E-state index contributed by atoms with van der Waals surface area (Å²) in [6, 6.07) is 3.58. The van der Waals surface area contributed by atoms with E-state index in [1.54, 1.807) is 6.07 Å². The van der Waals surface area contributed by atoms with E-state index in [1.165, 1.54) is 15.6 Å². The van der Waals surface area contributed by atoms with E-state index in [-0.39, 0.29) is 6.04 Å². The van der Waals surface area contributed by atoms with Gasteiger partial charge in [-0.2, -0.15) is 4.31 Å². The maximum absolute atomic E-state index is 12.4. The Bertz CT molecular complexity index is 454. The molecule has 98 valence electrons. The Balaban J connectivity index is 3.07. The molecule has 0 saturated carbocycles. The van der Waals surface area contributed by atoms with Gasteiger partial charge in [0.2, 0.25) is 0 Å². The first kappa shape index (κ1) is 15.1. The lowest BCUT2D eigenvalue weighted by Crippen LogP contribution is -2.37. The highest BCUT2D eigenvalue weighted by Crippen LogP contribution is 2.26. The van der Waals surface area contributed by atoms with Gasteiger partial charge in [0.15, 0.2) is 0 Å². The Morgan fingerprint density at radius 2 is 2.06 bits per heavy atom. The van der Waals surface area contributed by atoms with Crippen molar-refractivity contribution in [2.45, 2.75) is 37.4 Å². The van der Waals surface area contributed by atoms with Gasteiger partial charge in [-0.3, -0.25) is 0 Å². The van der Waals surface area contributed by atoms with Crippen LogP contribution in [0.5, 0.6) is 0 Å². The number of thiophene rings is 1. The van der Waals surface area contributed by atoms with Crippen molar-refractivity contribution in [1.82, 2.24) is 4.31 Å². The Morgan fingerprint density at radius 3 is 2.47 bits per heavy atom. The van der Waals surface area contributed by atoms with Crippen molar-refractivity contribution in [1.29, 1.82) is 0 Å². The van der Waals surface area contributed by atoms with Crippen LogP contribution in [0.2, 0.25) is 0 Å². The number of alkyl halides is 1. The van der Waals surface area contributed by atoms with Gasteiger partial charge < -0.3 is 0 Å². The fourth-order valence-electron chi connectivity index (χ4n) is 1.54. The normalized spacial score (nSPS) is 12.6. The number of hydrogen-bond acceptors (Lipinski definition) is 3. The van der Waals surface area contributed by atoms with Crippen LogP contribution >= 0.6 is 27.3 Å². The number of rotatable bonds is 6. The van der Waals surface area contributed by atoms with Gasteiger partial charge in [0, 0.05) is 22.8 Å². The highest BCUT2D eigenvalue weighted by Gasteiger charge is 2.27. The van der Waals surface area contributed by atoms with E-state index < -0.39 is 10.0 Å². The number of nitrogens with zero attached hydrogens (tertiary/aromatic N) is 1. The van der Waals surface area contributed by atoms with Crippen molar-refractivity contribution in [3.63, 3.8) is 0 Å². The summed E-state index contributed by atoms with van der Waals surface area (Å²) in [4.78, 5) is 1.10. The maximum Gasteiger partial charge on any atom is 0.252 e. The third-order valence-corrected chi connectivity index (χ3v) is 6.56. The van der Waals surface area contributed by atoms with Crippen LogP contribution in [0.25, 0.3) is 0 Å². The molecule has 0 radical (unpaired) electrons. The molecule has 0 spiro atoms. The summed E-state index contributed by atoms with van der Waals surface area (Å²) in [7, 11) is -3.33. The molecule has 0 atom stereocenters. The average molecular weight is 340 g/mol. The summed E-state index contributed by atoms with van der Waals surface area (Å²) < 4.78 is 26.8. The lowest BCUT2D eigenvalue weighted by atomic mass is 10.4. The highest BCUT2D eigenvalue weighted by molar-refractivity contribution is 9.09. The average Bonchev–Trinajstić information content (AvgIpc) is 2.74. The van der Waals surface area contributed by atoms with E-state index in [0.29, 0.717) is 16.1 Å². The molecule has 6 heteroatoms. The summed E-state index contributed by atoms with van der Waals surface area (Å²) in [5.41, 5.74) is 0. The summed E-state index contributed by atoms with van der Waals surface area (Å²) in [5.74, 6) is 0. The number of hydrogen-bond donors (Lipinski definition) is 0. The van der Waals surface area contributed by atoms with Crippen LogP contribution in [0.1, 0.15) is 25.6 Å². The number of aryl methyl sites for hydroxylation is 1. The molecule has 1 rings (SSSR count). The van der Waals surface area contributed by atoms with E-state index in [9.17, 15) is 8.42 Å². The summed E-state index contributed by atoms with van der Waals surface area (Å²) in [5, 5.41) is 0.649. The summed E-state index contributed by atoms with van der Waals surface area (Å²) >= 11 is 4.67. The minimum Gasteiger partial charge on any atom is -0.206 e. The maximum atomic E-state index is 12.4. The molecular formula is C11H18BrNO2S2. The molecule has 0 amide bonds. The Kier molecular flexibility index (Phi) is 5.63. The highest BCUT2D eigenvalue weighted by atomic mass is 79.9. The zero-order chi connectivity index (χ0) is 13.1. The molecule has 0 bridgehead atoms. The molecule has 0 aliphatic carbocycles. The van der Waals surface area contributed by atoms with Crippen LogP contribution in [-0.2, 0) is 16.4 Å². The summed E-state index contributed by atoms with van der Waals surface area (Å²) in [6.45, 7) is 6.32. The van der Waals surface area contributed by atoms with E-state index >= 15 is 0 Å². The summed E-state index contributed by atoms with van der Waals surface area (Å²) in [6.07, 6.45) is 0.875. The largest absolute Gasteiger partial charge is 0.252 e. The fraction of sp³-hybridized carbons (Fsp3) is 0.636. The quantitative estimate of drug-likeness (QED) is 0.746. The molecule has 1 heterocycles. The number of sulfonamides is 1. The van der Waals surface area contributed by atoms with Crippen molar-refractivity contribution < 1.29 is 8.42 Å². The van der Waals surface area contributed by atoms with Gasteiger partial charge in [-0.15, -0.1) is 11.3 Å². The third kappa shape index (κ3) is 3.53. The predicted octanol–water partition coefficient (Wildman–Crippen LogP) is 3.10. The minimum atomic E-state index is -3.33. The molecule has 0 fully saturated rings. The first-order chi connectivity index (χ1) is 7.93. The minimum absolute atomic E-state index is 0.0234. The van der Waals surface area contributed by atoms with Crippen molar-refractivity contribution in [2.24, 2.45) is 0 Å².